The van der Waals surface area contributed by atoms with Gasteiger partial charge in [0.05, 0.1) is 6.54 Å². The molecule has 3 amide bonds. The monoisotopic (exact) mass is 355 g/mol. The number of amides is 3. The van der Waals surface area contributed by atoms with E-state index in [9.17, 15) is 22.8 Å². The third-order valence-corrected chi connectivity index (χ3v) is 4.93. The fourth-order valence-corrected chi connectivity index (χ4v) is 3.77. The molecule has 2 aliphatic heterocycles. The molecule has 1 aromatic rings. The van der Waals surface area contributed by atoms with Crippen LogP contribution in [0.15, 0.2) is 24.3 Å². The van der Waals surface area contributed by atoms with Crippen LogP contribution in [0, 0.1) is 11.7 Å². The smallest absolute Gasteiger partial charge is 0.322 e. The van der Waals surface area contributed by atoms with Gasteiger partial charge in [0.1, 0.15) is 11.4 Å². The van der Waals surface area contributed by atoms with E-state index in [1.54, 1.807) is 6.07 Å². The molecule has 2 fully saturated rings. The number of imide groups is 1. The molecule has 0 saturated carbocycles. The summed E-state index contributed by atoms with van der Waals surface area (Å²) >= 11 is 0. The summed E-state index contributed by atoms with van der Waals surface area (Å²) in [4.78, 5) is 25.8. The number of urea groups is 1. The minimum absolute atomic E-state index is 0.0831. The molecule has 1 atom stereocenters. The van der Waals surface area contributed by atoms with Gasteiger partial charge in [-0.15, -0.1) is 0 Å². The number of carbonyl (C=O) groups is 2. The average Bonchev–Trinajstić information content (AvgIpc) is 2.80. The molecule has 0 spiro atoms. The van der Waals surface area contributed by atoms with Crippen molar-refractivity contribution >= 4 is 11.9 Å². The summed E-state index contributed by atoms with van der Waals surface area (Å²) < 4.78 is 39.1. The van der Waals surface area contributed by atoms with Crippen molar-refractivity contribution in [3.8, 4) is 0 Å². The molecular weight excluding hydrogens is 335 g/mol. The van der Waals surface area contributed by atoms with Crippen LogP contribution in [0.2, 0.25) is 0 Å². The highest BCUT2D eigenvalue weighted by molar-refractivity contribution is 6.07. The molecule has 136 valence electrons. The Kier molecular flexibility index (Phi) is 4.99. The van der Waals surface area contributed by atoms with Crippen LogP contribution in [0.25, 0.3) is 0 Å². The Balaban J connectivity index is 1.95. The maximum Gasteiger partial charge on any atom is 0.325 e. The van der Waals surface area contributed by atoms with Gasteiger partial charge in [0.2, 0.25) is 0 Å². The third-order valence-electron chi connectivity index (χ3n) is 4.93. The molecule has 3 rings (SSSR count). The number of nitrogens with zero attached hydrogens (tertiary/aromatic N) is 1. The van der Waals surface area contributed by atoms with Crippen LogP contribution in [-0.2, 0) is 11.2 Å². The molecule has 0 bridgehead atoms. The molecule has 0 radical (unpaired) electrons. The van der Waals surface area contributed by atoms with E-state index in [4.69, 9.17) is 0 Å². The van der Waals surface area contributed by atoms with Gasteiger partial charge in [-0.2, -0.15) is 0 Å². The lowest BCUT2D eigenvalue weighted by Crippen LogP contribution is -2.57. The van der Waals surface area contributed by atoms with Gasteiger partial charge >= 0.3 is 6.03 Å². The molecule has 2 saturated heterocycles. The normalized spacial score (nSPS) is 24.9. The van der Waals surface area contributed by atoms with E-state index in [-0.39, 0.29) is 12.3 Å². The van der Waals surface area contributed by atoms with Gasteiger partial charge in [0.25, 0.3) is 12.3 Å². The van der Waals surface area contributed by atoms with Crippen LogP contribution in [-0.4, -0.2) is 48.4 Å². The highest BCUT2D eigenvalue weighted by atomic mass is 19.3. The van der Waals surface area contributed by atoms with Crippen LogP contribution in [0.4, 0.5) is 18.0 Å². The number of alkyl halides is 2. The van der Waals surface area contributed by atoms with Crippen molar-refractivity contribution in [2.75, 3.05) is 19.6 Å². The summed E-state index contributed by atoms with van der Waals surface area (Å²) in [7, 11) is 0. The van der Waals surface area contributed by atoms with Crippen molar-refractivity contribution in [3.63, 3.8) is 0 Å². The standard InChI is InChI=1S/C17H20F3N3O2/c18-13-3-1-2-11(8-13)9-17(12-4-6-21-7-5-12)15(24)23(10-14(19)20)16(25)22-17/h1-3,8,12,14,21H,4-7,9-10H2,(H,22,25)/t17-/m0/s1. The first kappa shape index (κ1) is 17.7. The third kappa shape index (κ3) is 3.49. The lowest BCUT2D eigenvalue weighted by molar-refractivity contribution is -0.135. The number of hydrogen-bond donors (Lipinski definition) is 2. The summed E-state index contributed by atoms with van der Waals surface area (Å²) in [5.41, 5.74) is -0.756. The van der Waals surface area contributed by atoms with Crippen LogP contribution in [0.5, 0.6) is 0 Å². The summed E-state index contributed by atoms with van der Waals surface area (Å²) in [6.45, 7) is 0.418. The predicted molar refractivity (Wildman–Crippen MR) is 84.7 cm³/mol. The zero-order valence-corrected chi connectivity index (χ0v) is 13.6. The van der Waals surface area contributed by atoms with Gasteiger partial charge in [0, 0.05) is 6.42 Å². The Morgan fingerprint density at radius 3 is 2.60 bits per heavy atom. The minimum atomic E-state index is -2.80. The van der Waals surface area contributed by atoms with E-state index in [0.29, 0.717) is 36.4 Å². The van der Waals surface area contributed by atoms with Gasteiger partial charge in [-0.25, -0.2) is 18.0 Å². The topological polar surface area (TPSA) is 61.4 Å². The molecule has 2 aliphatic rings. The van der Waals surface area contributed by atoms with Crippen molar-refractivity contribution in [1.29, 1.82) is 0 Å². The highest BCUT2D eigenvalue weighted by Gasteiger charge is 2.55. The maximum atomic E-state index is 13.5. The lowest BCUT2D eigenvalue weighted by Gasteiger charge is -2.38. The van der Waals surface area contributed by atoms with E-state index in [0.717, 1.165) is 0 Å². The Hall–Kier alpha value is -2.09. The molecule has 8 heteroatoms. The van der Waals surface area contributed by atoms with E-state index in [1.165, 1.54) is 18.2 Å². The molecule has 0 aromatic heterocycles. The van der Waals surface area contributed by atoms with E-state index < -0.39 is 36.3 Å². The number of hydrogen-bond acceptors (Lipinski definition) is 3. The maximum absolute atomic E-state index is 13.5. The van der Waals surface area contributed by atoms with E-state index in [2.05, 4.69) is 10.6 Å². The van der Waals surface area contributed by atoms with Crippen molar-refractivity contribution in [2.24, 2.45) is 5.92 Å². The van der Waals surface area contributed by atoms with Gasteiger partial charge in [0.15, 0.2) is 0 Å². The molecule has 2 heterocycles. The lowest BCUT2D eigenvalue weighted by atomic mass is 9.74. The van der Waals surface area contributed by atoms with Crippen LogP contribution >= 0.6 is 0 Å². The molecule has 5 nitrogen and oxygen atoms in total. The average molecular weight is 355 g/mol. The fourth-order valence-electron chi connectivity index (χ4n) is 3.77. The van der Waals surface area contributed by atoms with Crippen molar-refractivity contribution in [2.45, 2.75) is 31.2 Å². The Bertz CT molecular complexity index is 664. The largest absolute Gasteiger partial charge is 0.325 e. The second-order valence-electron chi connectivity index (χ2n) is 6.54. The number of nitrogens with one attached hydrogen (secondary N) is 2. The fraction of sp³-hybridized carbons (Fsp3) is 0.529. The van der Waals surface area contributed by atoms with Crippen molar-refractivity contribution in [1.82, 2.24) is 15.5 Å². The number of halogens is 3. The summed E-state index contributed by atoms with van der Waals surface area (Å²) in [6, 6.07) is 4.98. The predicted octanol–water partition coefficient (Wildman–Crippen LogP) is 1.92. The Morgan fingerprint density at radius 1 is 1.24 bits per heavy atom. The van der Waals surface area contributed by atoms with Gasteiger partial charge in [-0.3, -0.25) is 9.69 Å². The van der Waals surface area contributed by atoms with Gasteiger partial charge < -0.3 is 10.6 Å². The highest BCUT2D eigenvalue weighted by Crippen LogP contribution is 2.35. The number of rotatable bonds is 5. The Morgan fingerprint density at radius 2 is 1.96 bits per heavy atom. The number of carbonyl (C=O) groups excluding carboxylic acids is 2. The van der Waals surface area contributed by atoms with Crippen LogP contribution < -0.4 is 10.6 Å². The Labute approximate surface area is 143 Å². The SMILES string of the molecule is O=C1N[C@@](Cc2cccc(F)c2)(C2CCNCC2)C(=O)N1CC(F)F. The molecule has 2 N–H and O–H groups in total. The van der Waals surface area contributed by atoms with Gasteiger partial charge in [-0.05, 0) is 49.5 Å². The molecular formula is C17H20F3N3O2. The van der Waals surface area contributed by atoms with Crippen molar-refractivity contribution in [3.05, 3.63) is 35.6 Å². The van der Waals surface area contributed by atoms with E-state index >= 15 is 0 Å². The van der Waals surface area contributed by atoms with Gasteiger partial charge in [-0.1, -0.05) is 12.1 Å². The van der Waals surface area contributed by atoms with Crippen LogP contribution in [0.1, 0.15) is 18.4 Å². The minimum Gasteiger partial charge on any atom is -0.322 e. The first-order valence-corrected chi connectivity index (χ1v) is 8.30. The number of benzene rings is 1. The first-order chi connectivity index (χ1) is 11.9. The molecule has 0 aliphatic carbocycles. The quantitative estimate of drug-likeness (QED) is 0.794. The second-order valence-corrected chi connectivity index (χ2v) is 6.54. The molecule has 25 heavy (non-hydrogen) atoms. The van der Waals surface area contributed by atoms with Crippen LogP contribution in [0.3, 0.4) is 0 Å². The molecule has 1 aromatic carbocycles. The van der Waals surface area contributed by atoms with Crippen molar-refractivity contribution < 1.29 is 22.8 Å². The second kappa shape index (κ2) is 7.03. The first-order valence-electron chi connectivity index (χ1n) is 8.30. The summed E-state index contributed by atoms with van der Waals surface area (Å²) in [5.74, 6) is -1.29. The summed E-state index contributed by atoms with van der Waals surface area (Å²) in [5, 5.41) is 5.84. The zero-order valence-electron chi connectivity index (χ0n) is 13.6. The number of piperidine rings is 1. The molecule has 0 unspecified atom stereocenters. The zero-order chi connectivity index (χ0) is 18.0. The van der Waals surface area contributed by atoms with E-state index in [1.807, 2.05) is 0 Å². The summed E-state index contributed by atoms with van der Waals surface area (Å²) in [6.07, 6.45) is -1.46.